The SMILES string of the molecule is COc1cccc2[n+]1CSc1ccccc1-2.C[SiH](C)c1cccc2[n+]1CSc1ccccc1-2. The molecule has 0 saturated heterocycles. The van der Waals surface area contributed by atoms with E-state index in [4.69, 9.17) is 4.74 Å². The maximum Gasteiger partial charge on any atom is 0.368 e. The Bertz CT molecular complexity index is 1310. The second kappa shape index (κ2) is 9.75. The molecular weight excluding hydrogens is 461 g/mol. The van der Waals surface area contributed by atoms with Crippen LogP contribution in [0.2, 0.25) is 13.1 Å². The third-order valence-corrected chi connectivity index (χ3v) is 9.79. The molecule has 2 aliphatic heterocycles. The minimum absolute atomic E-state index is 0.759. The van der Waals surface area contributed by atoms with Crippen LogP contribution in [0.4, 0.5) is 0 Å². The second-order valence-electron chi connectivity index (χ2n) is 8.34. The minimum atomic E-state index is -0.759. The molecule has 0 bridgehead atoms. The molecule has 3 nitrogen and oxygen atoms in total. The van der Waals surface area contributed by atoms with Crippen molar-refractivity contribution in [3.8, 4) is 28.4 Å². The van der Waals surface area contributed by atoms with Gasteiger partial charge in [-0.2, -0.15) is 4.57 Å². The lowest BCUT2D eigenvalue weighted by molar-refractivity contribution is -0.671. The Morgan fingerprint density at radius 2 is 1.21 bits per heavy atom. The van der Waals surface area contributed by atoms with Crippen LogP contribution in [0.3, 0.4) is 0 Å². The molecule has 6 rings (SSSR count). The molecule has 2 aromatic carbocycles. The lowest BCUT2D eigenvalue weighted by Gasteiger charge is -2.17. The van der Waals surface area contributed by atoms with Crippen LogP contribution in [-0.4, -0.2) is 15.9 Å². The van der Waals surface area contributed by atoms with Gasteiger partial charge in [-0.1, -0.05) is 60.9 Å². The number of nitrogens with zero attached hydrogens (tertiary/aromatic N) is 2. The number of benzene rings is 2. The molecule has 0 N–H and O–H groups in total. The van der Waals surface area contributed by atoms with Crippen LogP contribution in [0.25, 0.3) is 22.5 Å². The van der Waals surface area contributed by atoms with Gasteiger partial charge in [0.1, 0.15) is 14.1 Å². The Morgan fingerprint density at radius 1 is 0.667 bits per heavy atom. The first kappa shape index (κ1) is 22.3. The van der Waals surface area contributed by atoms with Crippen LogP contribution < -0.4 is 19.2 Å². The molecule has 0 atom stereocenters. The molecule has 0 radical (unpaired) electrons. The van der Waals surface area contributed by atoms with Gasteiger partial charge >= 0.3 is 5.88 Å². The number of hydrogen-bond acceptors (Lipinski definition) is 3. The number of hydrogen-bond donors (Lipinski definition) is 0. The molecule has 0 spiro atoms. The van der Waals surface area contributed by atoms with E-state index < -0.39 is 8.80 Å². The average Bonchev–Trinajstić information content (AvgIpc) is 2.88. The van der Waals surface area contributed by atoms with Gasteiger partial charge in [0, 0.05) is 21.9 Å². The van der Waals surface area contributed by atoms with Gasteiger partial charge in [0.15, 0.2) is 5.88 Å². The largest absolute Gasteiger partial charge is 0.448 e. The predicted molar refractivity (Wildman–Crippen MR) is 141 cm³/mol. The predicted octanol–water partition coefficient (Wildman–Crippen LogP) is 5.11. The maximum absolute atomic E-state index is 5.38. The average molecular weight is 489 g/mol. The number of methoxy groups -OCH3 is 1. The van der Waals surface area contributed by atoms with Crippen molar-refractivity contribution in [3.63, 3.8) is 0 Å². The first-order valence-corrected chi connectivity index (χ1v) is 16.1. The fourth-order valence-corrected chi connectivity index (χ4v) is 7.96. The number of fused-ring (bicyclic) bond motifs is 6. The first-order valence-electron chi connectivity index (χ1n) is 11.2. The second-order valence-corrected chi connectivity index (χ2v) is 13.2. The van der Waals surface area contributed by atoms with Gasteiger partial charge in [-0.05, 0) is 42.5 Å². The molecule has 0 saturated carbocycles. The van der Waals surface area contributed by atoms with E-state index in [1.54, 1.807) is 12.4 Å². The highest BCUT2D eigenvalue weighted by Crippen LogP contribution is 2.35. The Labute approximate surface area is 206 Å². The van der Waals surface area contributed by atoms with Crippen LogP contribution in [0.5, 0.6) is 5.88 Å². The zero-order chi connectivity index (χ0) is 22.8. The van der Waals surface area contributed by atoms with Crippen LogP contribution in [0.15, 0.2) is 94.7 Å². The summed E-state index contributed by atoms with van der Waals surface area (Å²) in [6.07, 6.45) is 0. The van der Waals surface area contributed by atoms with Crippen LogP contribution >= 0.6 is 23.5 Å². The first-order chi connectivity index (χ1) is 16.2. The fourth-order valence-electron chi connectivity index (χ4n) is 4.38. The van der Waals surface area contributed by atoms with Gasteiger partial charge in [0.25, 0.3) is 0 Å². The molecule has 2 aromatic heterocycles. The molecule has 2 aliphatic rings. The Kier molecular flexibility index (Phi) is 6.58. The van der Waals surface area contributed by atoms with Crippen molar-refractivity contribution in [1.82, 2.24) is 0 Å². The molecule has 0 amide bonds. The monoisotopic (exact) mass is 488 g/mol. The van der Waals surface area contributed by atoms with Crippen molar-refractivity contribution in [1.29, 1.82) is 0 Å². The van der Waals surface area contributed by atoms with Gasteiger partial charge < -0.3 is 4.74 Å². The van der Waals surface area contributed by atoms with E-state index in [0.717, 1.165) is 17.6 Å². The topological polar surface area (TPSA) is 17.0 Å². The summed E-state index contributed by atoms with van der Waals surface area (Å²) < 4.78 is 10.1. The van der Waals surface area contributed by atoms with E-state index >= 15 is 0 Å². The minimum Gasteiger partial charge on any atom is -0.448 e. The fraction of sp³-hybridized carbons (Fsp3) is 0.185. The van der Waals surface area contributed by atoms with Crippen LogP contribution in [-0.2, 0) is 11.8 Å². The lowest BCUT2D eigenvalue weighted by atomic mass is 10.1. The van der Waals surface area contributed by atoms with Crippen molar-refractivity contribution in [2.45, 2.75) is 34.6 Å². The highest BCUT2D eigenvalue weighted by Gasteiger charge is 2.27. The van der Waals surface area contributed by atoms with E-state index in [0.29, 0.717) is 0 Å². The molecule has 6 heteroatoms. The number of thioether (sulfide) groups is 2. The smallest absolute Gasteiger partial charge is 0.368 e. The van der Waals surface area contributed by atoms with Gasteiger partial charge in [-0.15, -0.1) is 4.57 Å². The van der Waals surface area contributed by atoms with E-state index in [1.807, 2.05) is 35.7 Å². The third-order valence-electron chi connectivity index (χ3n) is 6.00. The van der Waals surface area contributed by atoms with Crippen LogP contribution in [0, 0.1) is 0 Å². The zero-order valence-corrected chi connectivity index (χ0v) is 22.0. The molecular formula is C27H28N2OS2Si+2. The molecule has 166 valence electrons. The van der Waals surface area contributed by atoms with Gasteiger partial charge in [-0.25, -0.2) is 0 Å². The lowest BCUT2D eigenvalue weighted by Crippen LogP contribution is -2.56. The van der Waals surface area contributed by atoms with E-state index in [2.05, 4.69) is 95.0 Å². The summed E-state index contributed by atoms with van der Waals surface area (Å²) in [6.45, 7) is 4.79. The summed E-state index contributed by atoms with van der Waals surface area (Å²) in [5, 5.41) is 1.56. The molecule has 0 fully saturated rings. The summed E-state index contributed by atoms with van der Waals surface area (Å²) in [5.74, 6) is 2.89. The number of pyridine rings is 2. The highest BCUT2D eigenvalue weighted by atomic mass is 32.2. The summed E-state index contributed by atoms with van der Waals surface area (Å²) >= 11 is 3.79. The third kappa shape index (κ3) is 4.35. The summed E-state index contributed by atoms with van der Waals surface area (Å²) in [5.41, 5.74) is 5.30. The van der Waals surface area contributed by atoms with Crippen molar-refractivity contribution < 1.29 is 13.9 Å². The van der Waals surface area contributed by atoms with Gasteiger partial charge in [0.05, 0.1) is 24.3 Å². The van der Waals surface area contributed by atoms with E-state index in [-0.39, 0.29) is 0 Å². The Hall–Kier alpha value is -2.54. The Morgan fingerprint density at radius 3 is 1.82 bits per heavy atom. The van der Waals surface area contributed by atoms with Gasteiger partial charge in [-0.3, -0.25) is 0 Å². The molecule has 4 heterocycles. The quantitative estimate of drug-likeness (QED) is 0.288. The molecule has 0 unspecified atom stereocenters. The van der Waals surface area contributed by atoms with E-state index in [9.17, 15) is 0 Å². The van der Waals surface area contributed by atoms with E-state index in [1.165, 1.54) is 32.3 Å². The summed E-state index contributed by atoms with van der Waals surface area (Å²) in [6, 6.07) is 30.1. The van der Waals surface area contributed by atoms with Crippen molar-refractivity contribution in [2.75, 3.05) is 7.11 Å². The number of rotatable bonds is 2. The summed E-state index contributed by atoms with van der Waals surface area (Å²) in [7, 11) is 0.958. The maximum atomic E-state index is 5.38. The molecule has 33 heavy (non-hydrogen) atoms. The highest BCUT2D eigenvalue weighted by molar-refractivity contribution is 7.98. The standard InChI is InChI=1S/C14H16NSSi.C13H12NOS/c1-17(2)14-9-5-7-12-11-6-3-4-8-13(11)16-10-15(12)14;1-15-13-8-4-6-11-10-5-2-3-7-12(10)16-9-14(11)13/h3-9,17H,10H2,1-2H3;2-8H,9H2,1H3/q2*+1. The van der Waals surface area contributed by atoms with Gasteiger partial charge in [0.2, 0.25) is 17.3 Å². The van der Waals surface area contributed by atoms with Crippen LogP contribution in [0.1, 0.15) is 0 Å². The Balaban J connectivity index is 0.000000139. The van der Waals surface area contributed by atoms with Crippen molar-refractivity contribution in [2.24, 2.45) is 0 Å². The zero-order valence-electron chi connectivity index (χ0n) is 19.2. The van der Waals surface area contributed by atoms with Crippen molar-refractivity contribution >= 4 is 37.6 Å². The summed E-state index contributed by atoms with van der Waals surface area (Å²) in [4.78, 5) is 2.76. The number of aromatic nitrogens is 2. The molecule has 0 aliphatic carbocycles. The number of ether oxygens (including phenoxy) is 1. The van der Waals surface area contributed by atoms with Crippen molar-refractivity contribution in [3.05, 3.63) is 84.9 Å². The normalized spacial score (nSPS) is 13.1. The molecule has 4 aromatic rings.